The molecular weight excluding hydrogens is 405 g/mol. The van der Waals surface area contributed by atoms with Crippen molar-refractivity contribution in [2.24, 2.45) is 0 Å². The van der Waals surface area contributed by atoms with E-state index in [1.54, 1.807) is 10.8 Å². The first-order chi connectivity index (χ1) is 12.5. The predicted molar refractivity (Wildman–Crippen MR) is 96.7 cm³/mol. The number of hydrogen-bond acceptors (Lipinski definition) is 11. The molecule has 3 unspecified atom stereocenters. The van der Waals surface area contributed by atoms with Gasteiger partial charge in [0.1, 0.15) is 18.3 Å². The van der Waals surface area contributed by atoms with E-state index in [0.717, 1.165) is 11.4 Å². The van der Waals surface area contributed by atoms with Gasteiger partial charge in [-0.05, 0) is 17.6 Å². The molecule has 5 atom stereocenters. The van der Waals surface area contributed by atoms with Gasteiger partial charge in [-0.3, -0.25) is 14.3 Å². The van der Waals surface area contributed by atoms with Gasteiger partial charge in [-0.15, -0.1) is 0 Å². The smallest absolute Gasteiger partial charge is 0.280 e. The summed E-state index contributed by atoms with van der Waals surface area (Å²) in [5.41, 5.74) is 5.54. The molecule has 0 spiro atoms. The maximum absolute atomic E-state index is 12.1. The van der Waals surface area contributed by atoms with E-state index in [1.165, 1.54) is 11.8 Å². The van der Waals surface area contributed by atoms with Crippen LogP contribution in [0, 0.1) is 0 Å². The van der Waals surface area contributed by atoms with Gasteiger partial charge in [0.25, 0.3) is 5.56 Å². The van der Waals surface area contributed by atoms with Crippen LogP contribution in [-0.2, 0) is 13.8 Å². The number of H-pyrrole nitrogens is 1. The molecule has 0 radical (unpaired) electrons. The van der Waals surface area contributed by atoms with Crippen LogP contribution in [0.25, 0.3) is 11.2 Å². The first-order valence-electron chi connectivity index (χ1n) is 7.52. The number of aliphatic hydroxyl groups is 2. The second-order valence-electron chi connectivity index (χ2n) is 5.50. The van der Waals surface area contributed by atoms with Gasteiger partial charge in [0, 0.05) is 0 Å². The highest BCUT2D eigenvalue weighted by Crippen LogP contribution is 2.57. The summed E-state index contributed by atoms with van der Waals surface area (Å²) in [6.45, 7) is 0.230. The summed E-state index contributed by atoms with van der Waals surface area (Å²) in [5, 5.41) is 20.3. The standard InChI is InChI=1S/C12H16N5O6PS2/c1-25-12-14-5-8(15-11(13)16-9(5)20)17(12)10-6(19)7-4(22-10)2-21-24(23-7)26-3-18/h4,6-7,10,18-19H,2-3H2,1H3,(H3,13,15,16,20)/t4?,6?,7-,10-,24?/m1/s1. The Morgan fingerprint density at radius 2 is 2.31 bits per heavy atom. The number of aromatic amines is 1. The quantitative estimate of drug-likeness (QED) is 0.299. The minimum absolute atomic E-state index is 0.0522. The van der Waals surface area contributed by atoms with E-state index in [2.05, 4.69) is 15.0 Å². The number of fused-ring (bicyclic) bond motifs is 2. The van der Waals surface area contributed by atoms with E-state index in [-0.39, 0.29) is 29.7 Å². The van der Waals surface area contributed by atoms with Crippen molar-refractivity contribution in [3.8, 4) is 0 Å². The summed E-state index contributed by atoms with van der Waals surface area (Å²) in [7, 11) is -1.36. The van der Waals surface area contributed by atoms with Gasteiger partial charge in [-0.1, -0.05) is 11.8 Å². The largest absolute Gasteiger partial charge is 0.386 e. The summed E-state index contributed by atoms with van der Waals surface area (Å²) < 4.78 is 18.7. The number of thioether (sulfide) groups is 1. The number of nitrogens with zero attached hydrogens (tertiary/aromatic N) is 3. The fraction of sp³-hybridized carbons (Fsp3) is 0.583. The van der Waals surface area contributed by atoms with Crippen LogP contribution in [0.5, 0.6) is 0 Å². The highest BCUT2D eigenvalue weighted by molar-refractivity contribution is 8.52. The van der Waals surface area contributed by atoms with Crippen molar-refractivity contribution >= 4 is 47.8 Å². The van der Waals surface area contributed by atoms with Crippen LogP contribution >= 0.6 is 30.7 Å². The number of imidazole rings is 1. The zero-order valence-corrected chi connectivity index (χ0v) is 16.0. The minimum atomic E-state index is -1.36. The van der Waals surface area contributed by atoms with Crippen LogP contribution in [-0.4, -0.2) is 66.8 Å². The number of hydrogen-bond donors (Lipinski definition) is 4. The van der Waals surface area contributed by atoms with Crippen LogP contribution in [0.15, 0.2) is 9.95 Å². The number of rotatable bonds is 4. The lowest BCUT2D eigenvalue weighted by molar-refractivity contribution is -0.0559. The first-order valence-corrected chi connectivity index (χ1v) is 11.5. The molecule has 0 saturated carbocycles. The summed E-state index contributed by atoms with van der Waals surface area (Å²) in [6, 6.07) is 0. The maximum atomic E-state index is 12.1. The number of aliphatic hydroxyl groups excluding tert-OH is 2. The van der Waals surface area contributed by atoms with E-state index < -0.39 is 37.7 Å². The Bertz CT molecular complexity index is 880. The predicted octanol–water partition coefficient (Wildman–Crippen LogP) is 0.00730. The molecule has 26 heavy (non-hydrogen) atoms. The lowest BCUT2D eigenvalue weighted by Crippen LogP contribution is -2.38. The molecule has 142 valence electrons. The van der Waals surface area contributed by atoms with E-state index >= 15 is 0 Å². The van der Waals surface area contributed by atoms with Crippen molar-refractivity contribution in [3.63, 3.8) is 0 Å². The van der Waals surface area contributed by atoms with Crippen LogP contribution in [0.4, 0.5) is 5.95 Å². The molecule has 2 aromatic heterocycles. The van der Waals surface area contributed by atoms with E-state index in [0.29, 0.717) is 5.16 Å². The third-order valence-corrected chi connectivity index (χ3v) is 7.31. The average Bonchev–Trinajstić information content (AvgIpc) is 3.13. The molecule has 14 heteroatoms. The van der Waals surface area contributed by atoms with E-state index in [4.69, 9.17) is 24.6 Å². The first kappa shape index (κ1) is 18.4. The van der Waals surface area contributed by atoms with Crippen molar-refractivity contribution in [1.29, 1.82) is 0 Å². The number of nitrogens with two attached hydrogens (primary N) is 1. The van der Waals surface area contributed by atoms with E-state index in [9.17, 15) is 9.90 Å². The molecule has 0 amide bonds. The zero-order valence-electron chi connectivity index (χ0n) is 13.4. The molecule has 2 fully saturated rings. The molecule has 2 saturated heterocycles. The monoisotopic (exact) mass is 421 g/mol. The van der Waals surface area contributed by atoms with Crippen LogP contribution in [0.1, 0.15) is 6.23 Å². The second-order valence-corrected chi connectivity index (χ2v) is 9.37. The van der Waals surface area contributed by atoms with Gasteiger partial charge in [-0.25, -0.2) is 4.98 Å². The Morgan fingerprint density at radius 1 is 1.50 bits per heavy atom. The fourth-order valence-corrected chi connectivity index (χ4v) is 5.69. The van der Waals surface area contributed by atoms with Gasteiger partial charge in [0.05, 0.1) is 12.5 Å². The third-order valence-electron chi connectivity index (χ3n) is 4.00. The molecule has 0 bridgehead atoms. The van der Waals surface area contributed by atoms with E-state index in [1.807, 2.05) is 0 Å². The Labute approximate surface area is 156 Å². The molecule has 2 aliphatic heterocycles. The summed E-state index contributed by atoms with van der Waals surface area (Å²) in [6.07, 6.45) is -1.20. The highest BCUT2D eigenvalue weighted by atomic mass is 32.7. The Morgan fingerprint density at radius 3 is 3.04 bits per heavy atom. The lowest BCUT2D eigenvalue weighted by Gasteiger charge is -2.30. The number of nitrogen functional groups attached to an aromatic ring is 1. The molecule has 4 rings (SSSR count). The van der Waals surface area contributed by atoms with Gasteiger partial charge >= 0.3 is 0 Å². The molecule has 4 heterocycles. The van der Waals surface area contributed by atoms with Crippen molar-refractivity contribution in [3.05, 3.63) is 10.4 Å². The highest BCUT2D eigenvalue weighted by Gasteiger charge is 2.50. The molecule has 2 aliphatic rings. The van der Waals surface area contributed by atoms with Crippen molar-refractivity contribution in [2.45, 2.75) is 29.7 Å². The number of ether oxygens (including phenoxy) is 1. The summed E-state index contributed by atoms with van der Waals surface area (Å²) in [4.78, 5) is 23.0. The van der Waals surface area contributed by atoms with Crippen LogP contribution in [0.2, 0.25) is 0 Å². The normalized spacial score (nSPS) is 31.4. The maximum Gasteiger partial charge on any atom is 0.280 e. The van der Waals surface area contributed by atoms with Crippen LogP contribution < -0.4 is 11.3 Å². The van der Waals surface area contributed by atoms with Crippen molar-refractivity contribution in [2.75, 3.05) is 24.5 Å². The SMILES string of the molecule is CSc1nc2c(=O)[nH]c(N)nc2n1[C@@H]1OC2COP(SCO)O[C@H]2C1O. The number of nitrogens with one attached hydrogen (secondary N) is 1. The zero-order chi connectivity index (χ0) is 18.4. The lowest BCUT2D eigenvalue weighted by atomic mass is 10.1. The third kappa shape index (κ3) is 3.02. The molecule has 2 aromatic rings. The van der Waals surface area contributed by atoms with Gasteiger partial charge in [0.2, 0.25) is 13.5 Å². The Balaban J connectivity index is 1.73. The van der Waals surface area contributed by atoms with Crippen LogP contribution in [0.3, 0.4) is 0 Å². The Kier molecular flexibility index (Phi) is 5.14. The minimum Gasteiger partial charge on any atom is -0.386 e. The van der Waals surface area contributed by atoms with Gasteiger partial charge in [-0.2, -0.15) is 4.98 Å². The summed E-state index contributed by atoms with van der Waals surface area (Å²) >= 11 is 2.42. The van der Waals surface area contributed by atoms with Gasteiger partial charge in [0.15, 0.2) is 22.5 Å². The van der Waals surface area contributed by atoms with Gasteiger partial charge < -0.3 is 29.7 Å². The second kappa shape index (κ2) is 7.24. The number of anilines is 1. The number of aromatic nitrogens is 4. The summed E-state index contributed by atoms with van der Waals surface area (Å²) in [5.74, 6) is -0.193. The van der Waals surface area contributed by atoms with Crippen molar-refractivity contribution < 1.29 is 24.0 Å². The molecule has 0 aromatic carbocycles. The fourth-order valence-electron chi connectivity index (χ4n) is 2.93. The molecule has 0 aliphatic carbocycles. The molecular formula is C12H16N5O6PS2. The topological polar surface area (TPSA) is 158 Å². The average molecular weight is 421 g/mol. The Hall–Kier alpha value is -0.920. The van der Waals surface area contributed by atoms with Crippen molar-refractivity contribution in [1.82, 2.24) is 19.5 Å². The molecule has 11 nitrogen and oxygen atoms in total. The molecule has 5 N–H and O–H groups in total.